The van der Waals surface area contributed by atoms with Gasteiger partial charge in [0.25, 0.3) is 5.91 Å². The smallest absolute Gasteiger partial charge is 0.277 e. The highest BCUT2D eigenvalue weighted by Gasteiger charge is 2.15. The van der Waals surface area contributed by atoms with Crippen molar-refractivity contribution in [2.24, 2.45) is 5.73 Å². The maximum Gasteiger partial charge on any atom is 0.277 e. The topological polar surface area (TPSA) is 62.5 Å². The van der Waals surface area contributed by atoms with Crippen molar-refractivity contribution in [3.05, 3.63) is 23.2 Å². The third kappa shape index (κ3) is 2.41. The predicted molar refractivity (Wildman–Crippen MR) is 77.8 cm³/mol. The van der Waals surface area contributed by atoms with Crippen LogP contribution in [0.2, 0.25) is 0 Å². The molecule has 0 atom stereocenters. The number of fused-ring (bicyclic) bond motifs is 1. The van der Waals surface area contributed by atoms with Crippen molar-refractivity contribution in [1.29, 1.82) is 0 Å². The summed E-state index contributed by atoms with van der Waals surface area (Å²) in [7, 11) is 2.14. The predicted octanol–water partition coefficient (Wildman–Crippen LogP) is 1.15. The van der Waals surface area contributed by atoms with E-state index >= 15 is 0 Å². The zero-order valence-electron chi connectivity index (χ0n) is 10.8. The monoisotopic (exact) mass is 276 g/mol. The molecule has 0 saturated carbocycles. The highest BCUT2D eigenvalue weighted by molar-refractivity contribution is 7.20. The molecule has 2 N–H and O–H groups in total. The van der Waals surface area contributed by atoms with E-state index < -0.39 is 5.91 Å². The van der Waals surface area contributed by atoms with Crippen LogP contribution in [0.5, 0.6) is 0 Å². The van der Waals surface area contributed by atoms with Crippen LogP contribution in [0.4, 0.5) is 5.69 Å². The van der Waals surface area contributed by atoms with Crippen molar-refractivity contribution in [1.82, 2.24) is 9.88 Å². The first-order valence-corrected chi connectivity index (χ1v) is 7.09. The van der Waals surface area contributed by atoms with Gasteiger partial charge >= 0.3 is 0 Å². The minimum Gasteiger partial charge on any atom is -0.369 e. The number of nitrogens with zero attached hydrogens (tertiary/aromatic N) is 3. The summed E-state index contributed by atoms with van der Waals surface area (Å²) in [6.45, 7) is 4.22. The summed E-state index contributed by atoms with van der Waals surface area (Å²) in [4.78, 5) is 20.1. The van der Waals surface area contributed by atoms with Crippen molar-refractivity contribution in [2.75, 3.05) is 38.1 Å². The Kier molecular flexibility index (Phi) is 3.12. The van der Waals surface area contributed by atoms with Crippen molar-refractivity contribution in [2.45, 2.75) is 0 Å². The summed E-state index contributed by atoms with van der Waals surface area (Å²) < 4.78 is 1.02. The molecule has 1 aromatic carbocycles. The SMILES string of the molecule is CN1CCN(c2ccc3nc(C(N)=O)sc3c2)CC1. The molecule has 19 heavy (non-hydrogen) atoms. The average Bonchev–Trinajstić information content (AvgIpc) is 2.82. The maximum absolute atomic E-state index is 11.1. The Bertz CT molecular complexity index is 616. The van der Waals surface area contributed by atoms with Gasteiger partial charge in [0.1, 0.15) is 0 Å². The number of carbonyl (C=O) groups is 1. The largest absolute Gasteiger partial charge is 0.369 e. The van der Waals surface area contributed by atoms with E-state index in [1.807, 2.05) is 6.07 Å². The first kappa shape index (κ1) is 12.4. The number of aromatic nitrogens is 1. The third-order valence-corrected chi connectivity index (χ3v) is 4.48. The van der Waals surface area contributed by atoms with Gasteiger partial charge in [-0.1, -0.05) is 0 Å². The van der Waals surface area contributed by atoms with Crippen LogP contribution in [0.1, 0.15) is 9.80 Å². The van der Waals surface area contributed by atoms with E-state index in [0.29, 0.717) is 5.01 Å². The van der Waals surface area contributed by atoms with Gasteiger partial charge in [0.05, 0.1) is 10.2 Å². The van der Waals surface area contributed by atoms with Crippen LogP contribution in [-0.2, 0) is 0 Å². The summed E-state index contributed by atoms with van der Waals surface area (Å²) >= 11 is 1.36. The number of likely N-dealkylation sites (N-methyl/N-ethyl adjacent to an activating group) is 1. The number of benzene rings is 1. The van der Waals surface area contributed by atoms with Crippen LogP contribution in [0.3, 0.4) is 0 Å². The van der Waals surface area contributed by atoms with Gasteiger partial charge in [-0.05, 0) is 25.2 Å². The van der Waals surface area contributed by atoms with Gasteiger partial charge in [-0.15, -0.1) is 11.3 Å². The molecule has 0 spiro atoms. The number of anilines is 1. The van der Waals surface area contributed by atoms with Crippen molar-refractivity contribution >= 4 is 33.1 Å². The molecular weight excluding hydrogens is 260 g/mol. The number of hydrogen-bond acceptors (Lipinski definition) is 5. The fraction of sp³-hybridized carbons (Fsp3) is 0.385. The van der Waals surface area contributed by atoms with Gasteiger partial charge in [0.2, 0.25) is 0 Å². The first-order valence-electron chi connectivity index (χ1n) is 6.27. The first-order chi connectivity index (χ1) is 9.13. The second-order valence-electron chi connectivity index (χ2n) is 4.83. The van der Waals surface area contributed by atoms with Gasteiger partial charge in [-0.3, -0.25) is 4.79 Å². The number of piperazine rings is 1. The van der Waals surface area contributed by atoms with E-state index in [2.05, 4.69) is 34.0 Å². The molecule has 0 bridgehead atoms. The Hall–Kier alpha value is -1.66. The molecule has 1 aromatic heterocycles. The molecule has 2 heterocycles. The highest BCUT2D eigenvalue weighted by Crippen LogP contribution is 2.27. The van der Waals surface area contributed by atoms with Gasteiger partial charge in [-0.25, -0.2) is 4.98 Å². The van der Waals surface area contributed by atoms with Gasteiger partial charge in [-0.2, -0.15) is 0 Å². The molecule has 0 aliphatic carbocycles. The number of primary amides is 1. The molecule has 1 aliphatic rings. The maximum atomic E-state index is 11.1. The van der Waals surface area contributed by atoms with E-state index in [-0.39, 0.29) is 0 Å². The lowest BCUT2D eigenvalue weighted by molar-refractivity contribution is 0.1000. The fourth-order valence-corrected chi connectivity index (χ4v) is 3.13. The second kappa shape index (κ2) is 4.79. The quantitative estimate of drug-likeness (QED) is 0.893. The van der Waals surface area contributed by atoms with Gasteiger partial charge < -0.3 is 15.5 Å². The second-order valence-corrected chi connectivity index (χ2v) is 5.86. The number of amides is 1. The third-order valence-electron chi connectivity index (χ3n) is 3.45. The Morgan fingerprint density at radius 1 is 1.32 bits per heavy atom. The van der Waals surface area contributed by atoms with Crippen molar-refractivity contribution < 1.29 is 4.79 Å². The van der Waals surface area contributed by atoms with E-state index in [4.69, 9.17) is 5.73 Å². The van der Waals surface area contributed by atoms with Crippen LogP contribution < -0.4 is 10.6 Å². The Morgan fingerprint density at radius 3 is 2.74 bits per heavy atom. The number of thiazole rings is 1. The molecule has 5 nitrogen and oxygen atoms in total. The van der Waals surface area contributed by atoms with Crippen LogP contribution in [0.15, 0.2) is 18.2 Å². The molecule has 0 unspecified atom stereocenters. The van der Waals surface area contributed by atoms with E-state index in [1.165, 1.54) is 17.0 Å². The Balaban J connectivity index is 1.90. The standard InChI is InChI=1S/C13H16N4OS/c1-16-4-6-17(7-5-16)9-2-3-10-11(8-9)19-13(15-10)12(14)18/h2-3,8H,4-7H2,1H3,(H2,14,18). The zero-order valence-corrected chi connectivity index (χ0v) is 11.6. The molecule has 100 valence electrons. The zero-order chi connectivity index (χ0) is 13.4. The minimum absolute atomic E-state index is 0.380. The lowest BCUT2D eigenvalue weighted by atomic mass is 10.2. The summed E-state index contributed by atoms with van der Waals surface area (Å²) in [6.07, 6.45) is 0. The molecule has 1 fully saturated rings. The molecule has 2 aromatic rings. The molecule has 6 heteroatoms. The average molecular weight is 276 g/mol. The van der Waals surface area contributed by atoms with E-state index in [1.54, 1.807) is 0 Å². The minimum atomic E-state index is -0.456. The molecular formula is C13H16N4OS. The van der Waals surface area contributed by atoms with Gasteiger partial charge in [0, 0.05) is 31.9 Å². The molecule has 1 aliphatic heterocycles. The Labute approximate surface area is 115 Å². The van der Waals surface area contributed by atoms with Crippen LogP contribution >= 0.6 is 11.3 Å². The molecule has 1 amide bonds. The summed E-state index contributed by atoms with van der Waals surface area (Å²) in [6, 6.07) is 6.13. The lowest BCUT2D eigenvalue weighted by Gasteiger charge is -2.34. The highest BCUT2D eigenvalue weighted by atomic mass is 32.1. The fourth-order valence-electron chi connectivity index (χ4n) is 2.28. The molecule has 0 radical (unpaired) electrons. The van der Waals surface area contributed by atoms with Crippen LogP contribution in [0, 0.1) is 0 Å². The molecule has 3 rings (SSSR count). The summed E-state index contributed by atoms with van der Waals surface area (Å²) in [5, 5.41) is 0.380. The summed E-state index contributed by atoms with van der Waals surface area (Å²) in [5.41, 5.74) is 7.31. The summed E-state index contributed by atoms with van der Waals surface area (Å²) in [5.74, 6) is -0.456. The number of nitrogens with two attached hydrogens (primary N) is 1. The van der Waals surface area contributed by atoms with Crippen LogP contribution in [-0.4, -0.2) is 49.0 Å². The number of carbonyl (C=O) groups excluding carboxylic acids is 1. The number of hydrogen-bond donors (Lipinski definition) is 1. The number of rotatable bonds is 2. The van der Waals surface area contributed by atoms with Crippen molar-refractivity contribution in [3.8, 4) is 0 Å². The lowest BCUT2D eigenvalue weighted by Crippen LogP contribution is -2.44. The van der Waals surface area contributed by atoms with E-state index in [0.717, 1.165) is 36.4 Å². The van der Waals surface area contributed by atoms with Gasteiger partial charge in [0.15, 0.2) is 5.01 Å². The molecule has 1 saturated heterocycles. The van der Waals surface area contributed by atoms with Crippen LogP contribution in [0.25, 0.3) is 10.2 Å². The normalized spacial score (nSPS) is 17.0. The van der Waals surface area contributed by atoms with E-state index in [9.17, 15) is 4.79 Å². The van der Waals surface area contributed by atoms with Crippen molar-refractivity contribution in [3.63, 3.8) is 0 Å². The Morgan fingerprint density at radius 2 is 2.05 bits per heavy atom.